The third kappa shape index (κ3) is 3.78. The van der Waals surface area contributed by atoms with Gasteiger partial charge >= 0.3 is 11.7 Å². The second kappa shape index (κ2) is 7.58. The van der Waals surface area contributed by atoms with Crippen LogP contribution < -0.4 is 11.2 Å². The van der Waals surface area contributed by atoms with E-state index >= 15 is 0 Å². The highest BCUT2D eigenvalue weighted by molar-refractivity contribution is 5.78. The van der Waals surface area contributed by atoms with E-state index in [-0.39, 0.29) is 42.9 Å². The lowest BCUT2D eigenvalue weighted by molar-refractivity contribution is -0.143. The molecule has 0 amide bonds. The van der Waals surface area contributed by atoms with Gasteiger partial charge in [-0.05, 0) is 33.3 Å². The predicted molar refractivity (Wildman–Crippen MR) is 88.6 cm³/mol. The molecule has 136 valence electrons. The van der Waals surface area contributed by atoms with Crippen LogP contribution in [0, 0.1) is 11.6 Å². The number of fused-ring (bicyclic) bond motifs is 1. The number of aromatic nitrogens is 2. The number of hydrogen-bond acceptors (Lipinski definition) is 4. The molecule has 1 aromatic heterocycles. The Morgan fingerprint density at radius 2 is 1.84 bits per heavy atom. The molecule has 8 heteroatoms. The van der Waals surface area contributed by atoms with Crippen molar-refractivity contribution in [3.05, 3.63) is 44.6 Å². The zero-order valence-corrected chi connectivity index (χ0v) is 14.3. The molecule has 2 aromatic rings. The van der Waals surface area contributed by atoms with Crippen LogP contribution >= 0.6 is 0 Å². The molecule has 0 radical (unpaired) electrons. The molecule has 0 unspecified atom stereocenters. The van der Waals surface area contributed by atoms with Crippen molar-refractivity contribution in [2.45, 2.75) is 46.2 Å². The van der Waals surface area contributed by atoms with Gasteiger partial charge in [-0.15, -0.1) is 0 Å². The molecule has 0 spiro atoms. The molecule has 1 heterocycles. The first-order valence-corrected chi connectivity index (χ1v) is 8.07. The first kappa shape index (κ1) is 18.8. The van der Waals surface area contributed by atoms with Crippen LogP contribution in [0.3, 0.4) is 0 Å². The van der Waals surface area contributed by atoms with Crippen molar-refractivity contribution in [3.8, 4) is 0 Å². The first-order valence-electron chi connectivity index (χ1n) is 8.07. The van der Waals surface area contributed by atoms with Gasteiger partial charge in [-0.25, -0.2) is 13.6 Å². The first-order chi connectivity index (χ1) is 11.8. The fourth-order valence-electron chi connectivity index (χ4n) is 2.68. The number of nitrogens with zero attached hydrogens (tertiary/aromatic N) is 2. The average Bonchev–Trinajstić information content (AvgIpc) is 2.53. The molecule has 0 aliphatic heterocycles. The summed E-state index contributed by atoms with van der Waals surface area (Å²) in [6.45, 7) is 5.32. The SMILES string of the molecule is CCOC(=O)CCCn1c(=O)c2cc(F)c(F)cc2n(C(C)C)c1=O. The maximum Gasteiger partial charge on any atom is 0.331 e. The van der Waals surface area contributed by atoms with Crippen LogP contribution in [-0.4, -0.2) is 21.7 Å². The molecular weight excluding hydrogens is 334 g/mol. The van der Waals surface area contributed by atoms with Crippen LogP contribution in [0.2, 0.25) is 0 Å². The lowest BCUT2D eigenvalue weighted by atomic mass is 10.2. The van der Waals surface area contributed by atoms with E-state index in [4.69, 9.17) is 4.74 Å². The molecule has 0 saturated heterocycles. The van der Waals surface area contributed by atoms with E-state index in [9.17, 15) is 23.2 Å². The molecular formula is C17H20F2N2O4. The van der Waals surface area contributed by atoms with E-state index in [2.05, 4.69) is 0 Å². The standard InChI is InChI=1S/C17H20F2N2O4/c1-4-25-15(22)6-5-7-20-16(23)11-8-12(18)13(19)9-14(11)21(10(2)3)17(20)24/h8-10H,4-7H2,1-3H3. The van der Waals surface area contributed by atoms with E-state index in [0.717, 1.165) is 16.7 Å². The predicted octanol–water partition coefficient (Wildman–Crippen LogP) is 2.37. The Labute approximate surface area is 142 Å². The fraction of sp³-hybridized carbons (Fsp3) is 0.471. The van der Waals surface area contributed by atoms with Crippen molar-refractivity contribution in [1.82, 2.24) is 9.13 Å². The quantitative estimate of drug-likeness (QED) is 0.747. The van der Waals surface area contributed by atoms with Crippen LogP contribution in [0.4, 0.5) is 8.78 Å². The van der Waals surface area contributed by atoms with Gasteiger partial charge in [0.25, 0.3) is 5.56 Å². The summed E-state index contributed by atoms with van der Waals surface area (Å²) in [5, 5.41) is -0.0802. The van der Waals surface area contributed by atoms with Crippen LogP contribution in [0.1, 0.15) is 39.7 Å². The lowest BCUT2D eigenvalue weighted by Crippen LogP contribution is -2.41. The van der Waals surface area contributed by atoms with E-state index < -0.39 is 28.9 Å². The van der Waals surface area contributed by atoms with Gasteiger partial charge in [0.1, 0.15) is 0 Å². The summed E-state index contributed by atoms with van der Waals surface area (Å²) in [6, 6.07) is 1.29. The number of esters is 1. The van der Waals surface area contributed by atoms with Gasteiger partial charge in [0, 0.05) is 25.1 Å². The fourth-order valence-corrected chi connectivity index (χ4v) is 2.68. The van der Waals surface area contributed by atoms with E-state index in [1.165, 1.54) is 4.57 Å². The highest BCUT2D eigenvalue weighted by atomic mass is 19.2. The van der Waals surface area contributed by atoms with Crippen LogP contribution in [0.15, 0.2) is 21.7 Å². The Morgan fingerprint density at radius 3 is 2.44 bits per heavy atom. The average molecular weight is 354 g/mol. The Hall–Kier alpha value is -2.51. The molecule has 2 rings (SSSR count). The van der Waals surface area contributed by atoms with Gasteiger partial charge in [-0.1, -0.05) is 0 Å². The van der Waals surface area contributed by atoms with Crippen molar-refractivity contribution in [3.63, 3.8) is 0 Å². The monoisotopic (exact) mass is 354 g/mol. The molecule has 0 N–H and O–H groups in total. The molecule has 0 bridgehead atoms. The van der Waals surface area contributed by atoms with Crippen LogP contribution in [0.5, 0.6) is 0 Å². The third-order valence-electron chi connectivity index (χ3n) is 3.80. The largest absolute Gasteiger partial charge is 0.466 e. The molecule has 0 aliphatic carbocycles. The summed E-state index contributed by atoms with van der Waals surface area (Å²) in [4.78, 5) is 36.6. The highest BCUT2D eigenvalue weighted by Gasteiger charge is 2.18. The van der Waals surface area contributed by atoms with Crippen molar-refractivity contribution in [1.29, 1.82) is 0 Å². The molecule has 1 aromatic carbocycles. The Morgan fingerprint density at radius 1 is 1.20 bits per heavy atom. The lowest BCUT2D eigenvalue weighted by Gasteiger charge is -2.17. The summed E-state index contributed by atoms with van der Waals surface area (Å²) < 4.78 is 34.1. The van der Waals surface area contributed by atoms with Gasteiger partial charge in [0.05, 0.1) is 17.5 Å². The van der Waals surface area contributed by atoms with Crippen molar-refractivity contribution < 1.29 is 18.3 Å². The Kier molecular flexibility index (Phi) is 5.71. The number of carbonyl (C=O) groups excluding carboxylic acids is 1. The minimum atomic E-state index is -1.16. The molecule has 0 fully saturated rings. The van der Waals surface area contributed by atoms with Gasteiger partial charge < -0.3 is 4.74 Å². The number of rotatable bonds is 6. The summed E-state index contributed by atoms with van der Waals surface area (Å²) in [5.74, 6) is -2.70. The Balaban J connectivity index is 2.54. The van der Waals surface area contributed by atoms with Gasteiger partial charge in [-0.2, -0.15) is 0 Å². The van der Waals surface area contributed by atoms with Gasteiger partial charge in [0.2, 0.25) is 0 Å². The maximum absolute atomic E-state index is 13.6. The van der Waals surface area contributed by atoms with E-state index in [0.29, 0.717) is 0 Å². The smallest absolute Gasteiger partial charge is 0.331 e. The van der Waals surface area contributed by atoms with Gasteiger partial charge in [0.15, 0.2) is 11.6 Å². The number of ether oxygens (including phenoxy) is 1. The maximum atomic E-state index is 13.6. The van der Waals surface area contributed by atoms with Crippen molar-refractivity contribution in [2.24, 2.45) is 0 Å². The zero-order chi connectivity index (χ0) is 18.7. The molecule has 0 aliphatic rings. The van der Waals surface area contributed by atoms with Crippen LogP contribution in [0.25, 0.3) is 10.9 Å². The summed E-state index contributed by atoms with van der Waals surface area (Å²) in [6.07, 6.45) is 0.276. The molecule has 6 nitrogen and oxygen atoms in total. The normalized spacial score (nSPS) is 11.3. The Bertz CT molecular complexity index is 915. The van der Waals surface area contributed by atoms with Crippen molar-refractivity contribution in [2.75, 3.05) is 6.61 Å². The molecule has 0 saturated carbocycles. The topological polar surface area (TPSA) is 70.3 Å². The van der Waals surface area contributed by atoms with Crippen LogP contribution in [-0.2, 0) is 16.1 Å². The van der Waals surface area contributed by atoms with E-state index in [1.807, 2.05) is 0 Å². The minimum absolute atomic E-state index is 0.0157. The number of halogens is 2. The number of hydrogen-bond donors (Lipinski definition) is 0. The zero-order valence-electron chi connectivity index (χ0n) is 14.3. The molecule has 0 atom stereocenters. The third-order valence-corrected chi connectivity index (χ3v) is 3.80. The second-order valence-corrected chi connectivity index (χ2v) is 5.90. The summed E-state index contributed by atoms with van der Waals surface area (Å²) in [7, 11) is 0. The second-order valence-electron chi connectivity index (χ2n) is 5.90. The van der Waals surface area contributed by atoms with E-state index in [1.54, 1.807) is 20.8 Å². The van der Waals surface area contributed by atoms with Gasteiger partial charge in [-0.3, -0.25) is 18.7 Å². The summed E-state index contributed by atoms with van der Waals surface area (Å²) in [5.41, 5.74) is -1.28. The number of benzene rings is 1. The molecule has 25 heavy (non-hydrogen) atoms. The number of carbonyl (C=O) groups is 1. The van der Waals surface area contributed by atoms with Crippen molar-refractivity contribution >= 4 is 16.9 Å². The highest BCUT2D eigenvalue weighted by Crippen LogP contribution is 2.17. The minimum Gasteiger partial charge on any atom is -0.466 e. The summed E-state index contributed by atoms with van der Waals surface area (Å²) >= 11 is 0.